The minimum Gasteiger partial charge on any atom is -0.462 e. The van der Waals surface area contributed by atoms with Gasteiger partial charge in [-0.05, 0) is 71.6 Å². The zero-order chi connectivity index (χ0) is 31.2. The standard InChI is InChI=1S/C36H28N2O7/c1-2-44-35(42)20-14-16-22(17-15-20)37-28(39)19-45-36(43)21-8-7-9-23(18-21)38-33(40)31-29-24-10-3-4-11-25(24)30(32(31)34(38)41)27-13-6-5-12-26(27)29/h3-18,29-32H,2,19H2,1H3,(H,37,39)/t29?,30?,31-,32-/m0/s1. The van der Waals surface area contributed by atoms with Crippen LogP contribution >= 0.6 is 0 Å². The van der Waals surface area contributed by atoms with Crippen LogP contribution in [-0.2, 0) is 23.9 Å². The fraction of sp³-hybridized carbons (Fsp3) is 0.194. The normalized spacial score (nSPS) is 20.6. The number of ether oxygens (including phenoxy) is 2. The first kappa shape index (κ1) is 28.2. The zero-order valence-corrected chi connectivity index (χ0v) is 24.3. The summed E-state index contributed by atoms with van der Waals surface area (Å²) in [4.78, 5) is 66.5. The molecule has 224 valence electrons. The van der Waals surface area contributed by atoms with Crippen LogP contribution in [0, 0.1) is 11.8 Å². The Morgan fingerprint density at radius 2 is 1.20 bits per heavy atom. The Balaban J connectivity index is 1.07. The van der Waals surface area contributed by atoms with Crippen LogP contribution in [0.1, 0.15) is 61.7 Å². The molecule has 4 aliphatic rings. The Hall–Kier alpha value is -5.57. The number of imide groups is 1. The van der Waals surface area contributed by atoms with Gasteiger partial charge in [-0.25, -0.2) is 14.5 Å². The van der Waals surface area contributed by atoms with Crippen LogP contribution < -0.4 is 10.2 Å². The Labute approximate surface area is 258 Å². The van der Waals surface area contributed by atoms with Crippen molar-refractivity contribution in [3.8, 4) is 0 Å². The molecule has 1 aliphatic heterocycles. The lowest BCUT2D eigenvalue weighted by molar-refractivity contribution is -0.122. The molecule has 9 nitrogen and oxygen atoms in total. The summed E-state index contributed by atoms with van der Waals surface area (Å²) in [7, 11) is 0. The number of nitrogens with zero attached hydrogens (tertiary/aromatic N) is 1. The number of benzene rings is 4. The van der Waals surface area contributed by atoms with Crippen LogP contribution in [0.4, 0.5) is 11.4 Å². The Morgan fingerprint density at radius 3 is 1.73 bits per heavy atom. The first-order valence-corrected chi connectivity index (χ1v) is 14.8. The average molecular weight is 601 g/mol. The molecule has 3 amide bonds. The maximum absolute atomic E-state index is 14.0. The molecule has 1 saturated heterocycles. The molecule has 1 N–H and O–H groups in total. The quantitative estimate of drug-likeness (QED) is 0.233. The van der Waals surface area contributed by atoms with Crippen LogP contribution in [0.5, 0.6) is 0 Å². The Morgan fingerprint density at radius 1 is 0.667 bits per heavy atom. The average Bonchev–Trinajstić information content (AvgIpc) is 3.34. The van der Waals surface area contributed by atoms with E-state index in [4.69, 9.17) is 9.47 Å². The molecule has 0 radical (unpaired) electrons. The van der Waals surface area contributed by atoms with E-state index in [0.29, 0.717) is 11.3 Å². The third kappa shape index (κ3) is 4.68. The molecule has 4 aromatic carbocycles. The largest absolute Gasteiger partial charge is 0.462 e. The van der Waals surface area contributed by atoms with Gasteiger partial charge >= 0.3 is 11.9 Å². The summed E-state index contributed by atoms with van der Waals surface area (Å²) >= 11 is 0. The highest BCUT2D eigenvalue weighted by molar-refractivity contribution is 6.23. The van der Waals surface area contributed by atoms with Crippen molar-refractivity contribution in [2.24, 2.45) is 11.8 Å². The van der Waals surface area contributed by atoms with Crippen molar-refractivity contribution in [3.05, 3.63) is 130 Å². The fourth-order valence-corrected chi connectivity index (χ4v) is 7.02. The third-order valence-electron chi connectivity index (χ3n) is 8.80. The molecule has 0 saturated carbocycles. The highest BCUT2D eigenvalue weighted by atomic mass is 16.5. The Bertz CT molecular complexity index is 1770. The smallest absolute Gasteiger partial charge is 0.338 e. The van der Waals surface area contributed by atoms with Crippen molar-refractivity contribution in [3.63, 3.8) is 0 Å². The molecule has 1 heterocycles. The van der Waals surface area contributed by atoms with Crippen molar-refractivity contribution in [1.82, 2.24) is 0 Å². The molecule has 1 fully saturated rings. The number of nitrogens with one attached hydrogen (secondary N) is 1. The minimum absolute atomic E-state index is 0.101. The second kappa shape index (κ2) is 11.2. The lowest BCUT2D eigenvalue weighted by Gasteiger charge is -2.45. The third-order valence-corrected chi connectivity index (χ3v) is 8.80. The maximum atomic E-state index is 14.0. The topological polar surface area (TPSA) is 119 Å². The highest BCUT2D eigenvalue weighted by Gasteiger charge is 2.61. The number of carbonyl (C=O) groups is 5. The van der Waals surface area contributed by atoms with Crippen LogP contribution in [-0.4, -0.2) is 42.9 Å². The molecular weight excluding hydrogens is 572 g/mol. The molecule has 4 aromatic rings. The van der Waals surface area contributed by atoms with E-state index in [9.17, 15) is 24.0 Å². The molecule has 8 rings (SSSR count). The zero-order valence-electron chi connectivity index (χ0n) is 24.3. The van der Waals surface area contributed by atoms with Gasteiger partial charge in [-0.3, -0.25) is 14.4 Å². The SMILES string of the molecule is CCOC(=O)c1ccc(NC(=O)COC(=O)c2cccc(N3C(=O)[C@H]4C5c6ccccc6C(c6ccccc65)[C@@H]4C3=O)c2)cc1. The van der Waals surface area contributed by atoms with E-state index < -0.39 is 36.3 Å². The van der Waals surface area contributed by atoms with E-state index in [1.807, 2.05) is 48.5 Å². The van der Waals surface area contributed by atoms with Crippen molar-refractivity contribution in [2.45, 2.75) is 18.8 Å². The van der Waals surface area contributed by atoms with Crippen LogP contribution in [0.25, 0.3) is 0 Å². The van der Waals surface area contributed by atoms with Gasteiger partial charge in [-0.1, -0.05) is 54.6 Å². The van der Waals surface area contributed by atoms with Gasteiger partial charge in [0, 0.05) is 17.5 Å². The summed E-state index contributed by atoms with van der Waals surface area (Å²) in [6.45, 7) is 1.40. The van der Waals surface area contributed by atoms with E-state index in [1.165, 1.54) is 29.2 Å². The highest BCUT2D eigenvalue weighted by Crippen LogP contribution is 2.61. The summed E-state index contributed by atoms with van der Waals surface area (Å²) < 4.78 is 10.2. The molecule has 0 spiro atoms. The maximum Gasteiger partial charge on any atom is 0.338 e. The second-order valence-electron chi connectivity index (χ2n) is 11.2. The van der Waals surface area contributed by atoms with Crippen molar-refractivity contribution in [1.29, 1.82) is 0 Å². The number of anilines is 2. The molecule has 2 bridgehead atoms. The predicted octanol–water partition coefficient (Wildman–Crippen LogP) is 5.06. The van der Waals surface area contributed by atoms with Crippen LogP contribution in [0.3, 0.4) is 0 Å². The monoisotopic (exact) mass is 600 g/mol. The van der Waals surface area contributed by atoms with Crippen molar-refractivity contribution >= 4 is 41.0 Å². The molecule has 3 aliphatic carbocycles. The number of carbonyl (C=O) groups excluding carboxylic acids is 5. The number of hydrogen-bond donors (Lipinski definition) is 1. The van der Waals surface area contributed by atoms with Crippen molar-refractivity contribution < 1.29 is 33.4 Å². The van der Waals surface area contributed by atoms with Crippen LogP contribution in [0.2, 0.25) is 0 Å². The summed E-state index contributed by atoms with van der Waals surface area (Å²) in [5.74, 6) is -3.95. The predicted molar refractivity (Wildman–Crippen MR) is 164 cm³/mol. The van der Waals surface area contributed by atoms with E-state index in [2.05, 4.69) is 5.32 Å². The van der Waals surface area contributed by atoms with Gasteiger partial charge in [0.25, 0.3) is 5.91 Å². The van der Waals surface area contributed by atoms with Gasteiger partial charge in [-0.2, -0.15) is 0 Å². The van der Waals surface area contributed by atoms with Gasteiger partial charge in [-0.15, -0.1) is 0 Å². The van der Waals surface area contributed by atoms with Gasteiger partial charge in [0.2, 0.25) is 11.8 Å². The number of hydrogen-bond acceptors (Lipinski definition) is 7. The summed E-state index contributed by atoms with van der Waals surface area (Å²) in [5.41, 5.74) is 5.46. The molecule has 9 heteroatoms. The van der Waals surface area contributed by atoms with Crippen LogP contribution in [0.15, 0.2) is 97.1 Å². The van der Waals surface area contributed by atoms with Crippen molar-refractivity contribution in [2.75, 3.05) is 23.4 Å². The minimum atomic E-state index is -0.777. The first-order chi connectivity index (χ1) is 21.9. The lowest BCUT2D eigenvalue weighted by atomic mass is 9.55. The fourth-order valence-electron chi connectivity index (χ4n) is 7.02. The second-order valence-corrected chi connectivity index (χ2v) is 11.2. The molecular formula is C36H28N2O7. The number of rotatable bonds is 7. The van der Waals surface area contributed by atoms with E-state index in [1.54, 1.807) is 31.2 Å². The molecule has 45 heavy (non-hydrogen) atoms. The summed E-state index contributed by atoms with van der Waals surface area (Å²) in [5, 5.41) is 2.61. The van der Waals surface area contributed by atoms with Gasteiger partial charge in [0.15, 0.2) is 6.61 Å². The molecule has 0 unspecified atom stereocenters. The van der Waals surface area contributed by atoms with Gasteiger partial charge < -0.3 is 14.8 Å². The van der Waals surface area contributed by atoms with E-state index in [-0.39, 0.29) is 41.5 Å². The van der Waals surface area contributed by atoms with E-state index >= 15 is 0 Å². The number of esters is 2. The lowest BCUT2D eigenvalue weighted by Crippen LogP contribution is -2.41. The van der Waals surface area contributed by atoms with Gasteiger partial charge in [0.1, 0.15) is 0 Å². The summed E-state index contributed by atoms with van der Waals surface area (Å²) in [6, 6.07) is 28.3. The van der Waals surface area contributed by atoms with E-state index in [0.717, 1.165) is 22.3 Å². The van der Waals surface area contributed by atoms with Gasteiger partial charge in [0.05, 0.1) is 35.3 Å². The Kier molecular flexibility index (Phi) is 7.00. The first-order valence-electron chi connectivity index (χ1n) is 14.8. The summed E-state index contributed by atoms with van der Waals surface area (Å²) in [6.07, 6.45) is 0. The molecule has 0 aromatic heterocycles. The number of amides is 3. The molecule has 2 atom stereocenters.